The van der Waals surface area contributed by atoms with E-state index in [1.165, 1.54) is 116 Å². The fraction of sp³-hybridized carbons (Fsp3) is 0.973. The maximum Gasteiger partial charge on any atom is 0.407 e. The van der Waals surface area contributed by atoms with Gasteiger partial charge in [0.15, 0.2) is 0 Å². The third kappa shape index (κ3) is 15.4. The van der Waals surface area contributed by atoms with Crippen molar-refractivity contribution >= 4 is 18.5 Å². The molecule has 0 bridgehead atoms. The van der Waals surface area contributed by atoms with Crippen LogP contribution in [0.25, 0.3) is 0 Å². The van der Waals surface area contributed by atoms with E-state index < -0.39 is 5.60 Å². The number of piperidine rings is 2. The molecule has 3 N–H and O–H groups in total. The second-order valence-corrected chi connectivity index (χ2v) is 16.8. The van der Waals surface area contributed by atoms with Gasteiger partial charge in [0.25, 0.3) is 0 Å². The smallest absolute Gasteiger partial charge is 0.407 e. The van der Waals surface area contributed by atoms with Gasteiger partial charge in [-0.25, -0.2) is 4.79 Å². The van der Waals surface area contributed by atoms with Crippen LogP contribution < -0.4 is 11.1 Å². The van der Waals surface area contributed by atoms with Crippen LogP contribution in [-0.4, -0.2) is 72.8 Å². The number of nitrogens with zero attached hydrogens (tertiary/aromatic N) is 2. The zero-order chi connectivity index (χ0) is 31.4. The normalized spacial score (nSPS) is 30.7. The number of nitrogens with two attached hydrogens (primary N) is 1. The van der Waals surface area contributed by atoms with Crippen LogP contribution in [-0.2, 0) is 4.74 Å². The molecule has 6 nitrogen and oxygen atoms in total. The SMILES string of the molecule is CC(C)CC1CCCN(C[C@@H]2CCCC[C@H]2N)C1.CC(C)CC1CCCN(C[C@@H]2CCCC[C@H]2NC(=O)OC(C)(C)C)C1.Cl. The average molecular weight is 641 g/mol. The Morgan fingerprint density at radius 2 is 1.23 bits per heavy atom. The molecule has 0 radical (unpaired) electrons. The zero-order valence-corrected chi connectivity index (χ0v) is 30.8. The third-order valence-corrected chi connectivity index (χ3v) is 10.4. The van der Waals surface area contributed by atoms with Crippen molar-refractivity contribution in [3.8, 4) is 0 Å². The van der Waals surface area contributed by atoms with Gasteiger partial charge < -0.3 is 25.6 Å². The molecule has 2 aliphatic heterocycles. The lowest BCUT2D eigenvalue weighted by Gasteiger charge is -2.39. The minimum Gasteiger partial charge on any atom is -0.444 e. The van der Waals surface area contributed by atoms with Crippen molar-refractivity contribution in [2.24, 2.45) is 41.2 Å². The molecule has 4 rings (SSSR count). The van der Waals surface area contributed by atoms with Crippen molar-refractivity contribution in [3.05, 3.63) is 0 Å². The Bertz CT molecular complexity index is 788. The van der Waals surface area contributed by atoms with E-state index in [9.17, 15) is 4.79 Å². The van der Waals surface area contributed by atoms with E-state index >= 15 is 0 Å². The molecule has 2 unspecified atom stereocenters. The van der Waals surface area contributed by atoms with Crippen LogP contribution in [0, 0.1) is 35.5 Å². The summed E-state index contributed by atoms with van der Waals surface area (Å²) in [4.78, 5) is 17.6. The molecule has 0 spiro atoms. The van der Waals surface area contributed by atoms with Crippen molar-refractivity contribution in [2.45, 2.75) is 156 Å². The highest BCUT2D eigenvalue weighted by Crippen LogP contribution is 2.30. The molecule has 44 heavy (non-hydrogen) atoms. The summed E-state index contributed by atoms with van der Waals surface area (Å²) in [5, 5.41) is 3.17. The predicted octanol–water partition coefficient (Wildman–Crippen LogP) is 8.51. The van der Waals surface area contributed by atoms with Gasteiger partial charge in [0.2, 0.25) is 0 Å². The molecule has 2 saturated carbocycles. The Balaban J connectivity index is 0.000000315. The summed E-state index contributed by atoms with van der Waals surface area (Å²) in [5.74, 6) is 4.79. The summed E-state index contributed by atoms with van der Waals surface area (Å²) < 4.78 is 5.48. The third-order valence-electron chi connectivity index (χ3n) is 10.4. The second-order valence-electron chi connectivity index (χ2n) is 16.8. The number of nitrogens with one attached hydrogen (secondary N) is 1. The van der Waals surface area contributed by atoms with Crippen molar-refractivity contribution in [1.29, 1.82) is 0 Å². The monoisotopic (exact) mass is 641 g/mol. The molecular weight excluding hydrogens is 568 g/mol. The van der Waals surface area contributed by atoms with E-state index in [1.807, 2.05) is 20.8 Å². The number of hydrogen-bond donors (Lipinski definition) is 2. The Hall–Kier alpha value is -0.560. The first kappa shape index (κ1) is 39.6. The fourth-order valence-corrected chi connectivity index (χ4v) is 8.55. The molecule has 7 heteroatoms. The molecular formula is C37H73ClN4O2. The first-order valence-corrected chi connectivity index (χ1v) is 18.6. The highest BCUT2D eigenvalue weighted by molar-refractivity contribution is 5.85. The molecule has 2 aliphatic carbocycles. The van der Waals surface area contributed by atoms with Gasteiger partial charge in [-0.3, -0.25) is 0 Å². The standard InChI is InChI=1S/C21H40N2O2.C16H32N2.ClH/c1-16(2)13-17-9-8-12-23(14-17)15-18-10-6-7-11-19(18)22-20(24)25-21(3,4)5;1-13(2)10-14-6-5-9-18(11-14)12-15-7-3-4-8-16(15)17;/h16-19H,6-15H2,1-5H3,(H,22,24);13-16H,3-12,17H2,1-2H3;1H/t17?,18-,19+;14?,15-,16+;/m00./s1. The number of hydrogen-bond acceptors (Lipinski definition) is 5. The van der Waals surface area contributed by atoms with Crippen molar-refractivity contribution in [2.75, 3.05) is 39.3 Å². The number of likely N-dealkylation sites (tertiary alicyclic amines) is 2. The number of carbonyl (C=O) groups excluding carboxylic acids is 1. The van der Waals surface area contributed by atoms with E-state index in [-0.39, 0.29) is 24.5 Å². The number of ether oxygens (including phenoxy) is 1. The molecule has 1 amide bonds. The Labute approximate surface area is 279 Å². The van der Waals surface area contributed by atoms with Crippen LogP contribution in [0.3, 0.4) is 0 Å². The molecule has 2 heterocycles. The van der Waals surface area contributed by atoms with Crippen LogP contribution in [0.4, 0.5) is 4.79 Å². The van der Waals surface area contributed by atoms with E-state index in [0.29, 0.717) is 12.0 Å². The minimum atomic E-state index is -0.425. The van der Waals surface area contributed by atoms with Crippen molar-refractivity contribution in [3.63, 3.8) is 0 Å². The first-order valence-electron chi connectivity index (χ1n) is 18.6. The van der Waals surface area contributed by atoms with Crippen LogP contribution in [0.5, 0.6) is 0 Å². The Kier molecular flexibility index (Phi) is 18.0. The minimum absolute atomic E-state index is 0. The number of amides is 1. The first-order chi connectivity index (χ1) is 20.4. The largest absolute Gasteiger partial charge is 0.444 e. The van der Waals surface area contributed by atoms with E-state index in [1.54, 1.807) is 0 Å². The molecule has 0 aromatic heterocycles. The summed E-state index contributed by atoms with van der Waals surface area (Å²) in [7, 11) is 0. The van der Waals surface area contributed by atoms with E-state index in [4.69, 9.17) is 10.5 Å². The quantitative estimate of drug-likeness (QED) is 0.264. The maximum absolute atomic E-state index is 12.2. The number of alkyl carbamates (subject to hydrolysis) is 1. The van der Waals surface area contributed by atoms with E-state index in [2.05, 4.69) is 42.8 Å². The van der Waals surface area contributed by atoms with Gasteiger partial charge in [-0.2, -0.15) is 0 Å². The van der Waals surface area contributed by atoms with Crippen LogP contribution in [0.2, 0.25) is 0 Å². The number of carbonyl (C=O) groups is 1. The molecule has 2 saturated heterocycles. The summed E-state index contributed by atoms with van der Waals surface area (Å²) >= 11 is 0. The zero-order valence-electron chi connectivity index (χ0n) is 30.0. The summed E-state index contributed by atoms with van der Waals surface area (Å²) in [5.41, 5.74) is 5.86. The highest BCUT2D eigenvalue weighted by atomic mass is 35.5. The molecule has 4 fully saturated rings. The summed E-state index contributed by atoms with van der Waals surface area (Å²) in [6.45, 7) is 22.7. The van der Waals surface area contributed by atoms with Crippen molar-refractivity contribution < 1.29 is 9.53 Å². The molecule has 6 atom stereocenters. The van der Waals surface area contributed by atoms with Gasteiger partial charge in [-0.05, 0) is 134 Å². The Morgan fingerprint density at radius 3 is 1.73 bits per heavy atom. The average Bonchev–Trinajstić information content (AvgIpc) is 2.90. The Morgan fingerprint density at radius 1 is 0.750 bits per heavy atom. The molecule has 260 valence electrons. The molecule has 4 aliphatic rings. The second kappa shape index (κ2) is 20.0. The fourth-order valence-electron chi connectivity index (χ4n) is 8.55. The molecule has 0 aromatic carbocycles. The highest BCUT2D eigenvalue weighted by Gasteiger charge is 2.31. The van der Waals surface area contributed by atoms with Crippen molar-refractivity contribution in [1.82, 2.24) is 15.1 Å². The predicted molar refractivity (Wildman–Crippen MR) is 190 cm³/mol. The van der Waals surface area contributed by atoms with Gasteiger partial charge >= 0.3 is 6.09 Å². The summed E-state index contributed by atoms with van der Waals surface area (Å²) in [6, 6.07) is 0.748. The number of rotatable bonds is 9. The lowest BCUT2D eigenvalue weighted by Crippen LogP contribution is -2.49. The van der Waals surface area contributed by atoms with Gasteiger partial charge in [0.1, 0.15) is 5.60 Å². The lowest BCUT2D eigenvalue weighted by molar-refractivity contribution is 0.0441. The van der Waals surface area contributed by atoms with E-state index in [0.717, 1.165) is 42.6 Å². The maximum atomic E-state index is 12.2. The van der Waals surface area contributed by atoms with Gasteiger partial charge in [0.05, 0.1) is 0 Å². The van der Waals surface area contributed by atoms with Gasteiger partial charge in [-0.1, -0.05) is 53.4 Å². The van der Waals surface area contributed by atoms with Gasteiger partial charge in [0, 0.05) is 38.3 Å². The van der Waals surface area contributed by atoms with Crippen LogP contribution >= 0.6 is 12.4 Å². The lowest BCUT2D eigenvalue weighted by atomic mass is 9.83. The van der Waals surface area contributed by atoms with Gasteiger partial charge in [-0.15, -0.1) is 12.4 Å². The molecule has 0 aromatic rings. The topological polar surface area (TPSA) is 70.8 Å². The summed E-state index contributed by atoms with van der Waals surface area (Å²) in [6.07, 6.45) is 18.3. The van der Waals surface area contributed by atoms with Crippen LogP contribution in [0.15, 0.2) is 0 Å². The van der Waals surface area contributed by atoms with Crippen LogP contribution in [0.1, 0.15) is 138 Å². The number of halogens is 1.